The van der Waals surface area contributed by atoms with Crippen molar-refractivity contribution in [3.05, 3.63) is 0 Å². The van der Waals surface area contributed by atoms with Crippen molar-refractivity contribution in [2.24, 2.45) is 11.3 Å². The molecule has 0 spiro atoms. The van der Waals surface area contributed by atoms with Crippen molar-refractivity contribution in [1.82, 2.24) is 10.2 Å². The lowest BCUT2D eigenvalue weighted by Gasteiger charge is -2.39. The maximum atomic E-state index is 3.75. The van der Waals surface area contributed by atoms with Gasteiger partial charge in [-0.05, 0) is 50.0 Å². The van der Waals surface area contributed by atoms with Crippen LogP contribution in [0.25, 0.3) is 0 Å². The smallest absolute Gasteiger partial charge is 0.0124 e. The van der Waals surface area contributed by atoms with Crippen molar-refractivity contribution in [3.63, 3.8) is 0 Å². The molecule has 20 heavy (non-hydrogen) atoms. The number of hydrogen-bond acceptors (Lipinski definition) is 2. The van der Waals surface area contributed by atoms with Crippen LogP contribution in [0.1, 0.15) is 71.6 Å². The van der Waals surface area contributed by atoms with Crippen LogP contribution in [0.15, 0.2) is 0 Å². The van der Waals surface area contributed by atoms with Gasteiger partial charge in [0.05, 0.1) is 0 Å². The molecule has 1 aliphatic heterocycles. The summed E-state index contributed by atoms with van der Waals surface area (Å²) in [5.41, 5.74) is 0.594. The van der Waals surface area contributed by atoms with E-state index in [0.29, 0.717) is 11.5 Å². The standard InChI is InChI=1S/C18H34N2/c1-15(2)19-13-18(10-5-6-11-18)14-20-12-9-16-7-3-4-8-17(16)20/h15-17,19H,3-14H2,1-2H3. The van der Waals surface area contributed by atoms with Crippen molar-refractivity contribution in [1.29, 1.82) is 0 Å². The molecule has 0 amide bonds. The Balaban J connectivity index is 1.61. The molecule has 2 unspecified atom stereocenters. The van der Waals surface area contributed by atoms with Crippen LogP contribution in [0.3, 0.4) is 0 Å². The summed E-state index contributed by atoms with van der Waals surface area (Å²) in [5, 5.41) is 3.75. The summed E-state index contributed by atoms with van der Waals surface area (Å²) in [5.74, 6) is 1.04. The molecule has 0 aromatic heterocycles. The van der Waals surface area contributed by atoms with Gasteiger partial charge in [0.1, 0.15) is 0 Å². The summed E-state index contributed by atoms with van der Waals surface area (Å²) in [6.45, 7) is 8.59. The van der Waals surface area contributed by atoms with Gasteiger partial charge in [0.2, 0.25) is 0 Å². The summed E-state index contributed by atoms with van der Waals surface area (Å²) in [6, 6.07) is 1.58. The minimum absolute atomic E-state index is 0.594. The molecule has 2 atom stereocenters. The lowest BCUT2D eigenvalue weighted by Crippen LogP contribution is -2.46. The van der Waals surface area contributed by atoms with Crippen LogP contribution in [0.5, 0.6) is 0 Å². The van der Waals surface area contributed by atoms with E-state index in [1.54, 1.807) is 0 Å². The second-order valence-corrected chi connectivity index (χ2v) is 8.11. The third kappa shape index (κ3) is 3.22. The first-order valence-corrected chi connectivity index (χ1v) is 9.16. The molecule has 0 aromatic carbocycles. The van der Waals surface area contributed by atoms with Crippen LogP contribution in [-0.4, -0.2) is 36.6 Å². The molecule has 1 N–H and O–H groups in total. The van der Waals surface area contributed by atoms with E-state index in [2.05, 4.69) is 24.1 Å². The molecule has 2 heteroatoms. The highest BCUT2D eigenvalue weighted by molar-refractivity contribution is 4.96. The van der Waals surface area contributed by atoms with Gasteiger partial charge in [0.25, 0.3) is 0 Å². The molecular weight excluding hydrogens is 244 g/mol. The molecule has 2 saturated carbocycles. The van der Waals surface area contributed by atoms with Gasteiger partial charge < -0.3 is 5.32 Å². The van der Waals surface area contributed by atoms with Crippen molar-refractivity contribution in [2.45, 2.75) is 83.7 Å². The summed E-state index contributed by atoms with van der Waals surface area (Å²) in [4.78, 5) is 2.90. The molecule has 116 valence electrons. The van der Waals surface area contributed by atoms with Gasteiger partial charge >= 0.3 is 0 Å². The Morgan fingerprint density at radius 3 is 2.55 bits per heavy atom. The van der Waals surface area contributed by atoms with E-state index in [1.165, 1.54) is 77.4 Å². The van der Waals surface area contributed by atoms with E-state index in [-0.39, 0.29) is 0 Å². The van der Waals surface area contributed by atoms with E-state index in [0.717, 1.165) is 12.0 Å². The Bertz CT molecular complexity index is 307. The number of nitrogens with one attached hydrogen (secondary N) is 1. The Morgan fingerprint density at radius 2 is 1.80 bits per heavy atom. The zero-order chi connectivity index (χ0) is 14.0. The third-order valence-corrected chi connectivity index (χ3v) is 6.21. The molecule has 0 aromatic rings. The average Bonchev–Trinajstić information content (AvgIpc) is 3.06. The largest absolute Gasteiger partial charge is 0.314 e. The molecule has 3 rings (SSSR count). The van der Waals surface area contributed by atoms with Crippen molar-refractivity contribution in [2.75, 3.05) is 19.6 Å². The number of fused-ring (bicyclic) bond motifs is 1. The van der Waals surface area contributed by atoms with E-state index >= 15 is 0 Å². The average molecular weight is 278 g/mol. The minimum Gasteiger partial charge on any atom is -0.314 e. The molecule has 0 radical (unpaired) electrons. The monoisotopic (exact) mass is 278 g/mol. The normalized spacial score (nSPS) is 33.8. The Morgan fingerprint density at radius 1 is 1.05 bits per heavy atom. The first kappa shape index (κ1) is 14.8. The van der Waals surface area contributed by atoms with Crippen LogP contribution >= 0.6 is 0 Å². The predicted molar refractivity (Wildman–Crippen MR) is 86.0 cm³/mol. The quantitative estimate of drug-likeness (QED) is 0.822. The maximum Gasteiger partial charge on any atom is 0.0124 e. The zero-order valence-electron chi connectivity index (χ0n) is 13.7. The van der Waals surface area contributed by atoms with Crippen LogP contribution < -0.4 is 5.32 Å². The Hall–Kier alpha value is -0.0800. The Labute approximate surface area is 125 Å². The minimum atomic E-state index is 0.594. The first-order chi connectivity index (χ1) is 9.69. The van der Waals surface area contributed by atoms with Crippen molar-refractivity contribution >= 4 is 0 Å². The molecular formula is C18H34N2. The van der Waals surface area contributed by atoms with Gasteiger partial charge in [-0.1, -0.05) is 39.5 Å². The molecule has 3 aliphatic rings. The van der Waals surface area contributed by atoms with Crippen molar-refractivity contribution in [3.8, 4) is 0 Å². The molecule has 2 aliphatic carbocycles. The maximum absolute atomic E-state index is 3.75. The fourth-order valence-corrected chi connectivity index (χ4v) is 5.07. The van der Waals surface area contributed by atoms with E-state index < -0.39 is 0 Å². The van der Waals surface area contributed by atoms with Crippen LogP contribution in [0.2, 0.25) is 0 Å². The van der Waals surface area contributed by atoms with Crippen LogP contribution in [-0.2, 0) is 0 Å². The molecule has 2 nitrogen and oxygen atoms in total. The summed E-state index contributed by atoms with van der Waals surface area (Å²) >= 11 is 0. The highest BCUT2D eigenvalue weighted by Gasteiger charge is 2.41. The summed E-state index contributed by atoms with van der Waals surface area (Å²) < 4.78 is 0. The predicted octanol–water partition coefficient (Wildman–Crippen LogP) is 3.81. The van der Waals surface area contributed by atoms with Crippen LogP contribution in [0.4, 0.5) is 0 Å². The number of likely N-dealkylation sites (tertiary alicyclic amines) is 1. The van der Waals surface area contributed by atoms with Gasteiger partial charge in [-0.3, -0.25) is 4.90 Å². The van der Waals surface area contributed by atoms with Gasteiger partial charge in [0.15, 0.2) is 0 Å². The highest BCUT2D eigenvalue weighted by Crippen LogP contribution is 2.43. The molecule has 1 heterocycles. The number of rotatable bonds is 5. The SMILES string of the molecule is CC(C)NCC1(CN2CCC3CCCCC32)CCCC1. The number of nitrogens with zero attached hydrogens (tertiary/aromatic N) is 1. The van der Waals surface area contributed by atoms with E-state index in [9.17, 15) is 0 Å². The molecule has 0 bridgehead atoms. The van der Waals surface area contributed by atoms with Gasteiger partial charge in [-0.2, -0.15) is 0 Å². The van der Waals surface area contributed by atoms with Gasteiger partial charge in [0, 0.05) is 25.2 Å². The van der Waals surface area contributed by atoms with Gasteiger partial charge in [-0.25, -0.2) is 0 Å². The summed E-state index contributed by atoms with van der Waals surface area (Å²) in [6.07, 6.45) is 13.3. The topological polar surface area (TPSA) is 15.3 Å². The van der Waals surface area contributed by atoms with Gasteiger partial charge in [-0.15, -0.1) is 0 Å². The van der Waals surface area contributed by atoms with E-state index in [4.69, 9.17) is 0 Å². The van der Waals surface area contributed by atoms with Crippen molar-refractivity contribution < 1.29 is 0 Å². The third-order valence-electron chi connectivity index (χ3n) is 6.21. The van der Waals surface area contributed by atoms with Crippen LogP contribution in [0, 0.1) is 11.3 Å². The second kappa shape index (κ2) is 6.36. The zero-order valence-corrected chi connectivity index (χ0v) is 13.7. The lowest BCUT2D eigenvalue weighted by molar-refractivity contribution is 0.108. The fourth-order valence-electron chi connectivity index (χ4n) is 5.07. The lowest BCUT2D eigenvalue weighted by atomic mass is 9.82. The Kier molecular flexibility index (Phi) is 4.72. The van der Waals surface area contributed by atoms with E-state index in [1.807, 2.05) is 0 Å². The molecule has 3 fully saturated rings. The fraction of sp³-hybridized carbons (Fsp3) is 1.00. The highest BCUT2D eigenvalue weighted by atomic mass is 15.2. The number of hydrogen-bond donors (Lipinski definition) is 1. The molecule has 1 saturated heterocycles. The second-order valence-electron chi connectivity index (χ2n) is 8.11. The first-order valence-electron chi connectivity index (χ1n) is 9.16. The summed E-state index contributed by atoms with van der Waals surface area (Å²) in [7, 11) is 0.